The van der Waals surface area contributed by atoms with Crippen LogP contribution in [0.15, 0.2) is 12.7 Å². The summed E-state index contributed by atoms with van der Waals surface area (Å²) in [4.78, 5) is 23.1. The van der Waals surface area contributed by atoms with E-state index in [2.05, 4.69) is 16.8 Å². The van der Waals surface area contributed by atoms with E-state index in [0.717, 1.165) is 11.0 Å². The van der Waals surface area contributed by atoms with Gasteiger partial charge in [-0.15, -0.1) is 0 Å². The van der Waals surface area contributed by atoms with Crippen molar-refractivity contribution in [2.24, 2.45) is 0 Å². The van der Waals surface area contributed by atoms with Gasteiger partial charge in [-0.25, -0.2) is 9.59 Å². The number of carboxylic acid groups (broad SMARTS) is 1. The van der Waals surface area contributed by atoms with Crippen LogP contribution in [0, 0.1) is 13.8 Å². The second kappa shape index (κ2) is 5.85. The number of aromatic amines is 1. The topological polar surface area (TPSA) is 95.5 Å². The molecule has 0 radical (unpaired) electrons. The van der Waals surface area contributed by atoms with Crippen molar-refractivity contribution in [2.45, 2.75) is 13.8 Å². The number of carbonyl (C=O) groups excluding carboxylic acids is 1. The number of hydrogen-bond donors (Lipinski definition) is 2. The zero-order chi connectivity index (χ0) is 13.7. The summed E-state index contributed by atoms with van der Waals surface area (Å²) in [5.41, 5.74) is 1.70. The summed E-state index contributed by atoms with van der Waals surface area (Å²) < 4.78 is 4.76. The first-order valence-electron chi connectivity index (χ1n) is 5.28. The van der Waals surface area contributed by atoms with Gasteiger partial charge >= 0.3 is 12.1 Å². The van der Waals surface area contributed by atoms with Crippen LogP contribution in [0.5, 0.6) is 0 Å². The van der Waals surface area contributed by atoms with Crippen molar-refractivity contribution < 1.29 is 19.4 Å². The van der Waals surface area contributed by atoms with E-state index >= 15 is 0 Å². The third-order valence-electron chi connectivity index (χ3n) is 2.32. The molecule has 1 aromatic rings. The van der Waals surface area contributed by atoms with Gasteiger partial charge in [0.15, 0.2) is 0 Å². The lowest BCUT2D eigenvalue weighted by atomic mass is 10.3. The lowest BCUT2D eigenvalue weighted by Crippen LogP contribution is -2.33. The van der Waals surface area contributed by atoms with Crippen LogP contribution in [-0.2, 0) is 9.53 Å². The molecule has 0 aliphatic carbocycles. The minimum absolute atomic E-state index is 0.0378. The Labute approximate surface area is 104 Å². The van der Waals surface area contributed by atoms with E-state index in [1.807, 2.05) is 0 Å². The predicted octanol–water partition coefficient (Wildman–Crippen LogP) is 1.24. The van der Waals surface area contributed by atoms with Crippen LogP contribution in [0.4, 0.5) is 10.5 Å². The quantitative estimate of drug-likeness (QED) is 0.608. The highest BCUT2D eigenvalue weighted by Crippen LogP contribution is 2.21. The number of aryl methyl sites for hydroxylation is 2. The van der Waals surface area contributed by atoms with Crippen LogP contribution >= 0.6 is 0 Å². The normalized spacial score (nSPS) is 9.89. The molecule has 7 heteroatoms. The molecular formula is C11H15N3O4. The van der Waals surface area contributed by atoms with Crippen LogP contribution in [0.1, 0.15) is 11.4 Å². The Morgan fingerprint density at radius 2 is 2.22 bits per heavy atom. The third kappa shape index (κ3) is 3.09. The molecule has 0 spiro atoms. The van der Waals surface area contributed by atoms with Crippen LogP contribution in [0.3, 0.4) is 0 Å². The number of ether oxygens (including phenoxy) is 1. The van der Waals surface area contributed by atoms with Gasteiger partial charge in [0.1, 0.15) is 6.61 Å². The first kappa shape index (κ1) is 13.8. The Bertz CT molecular complexity index is 447. The number of nitrogens with zero attached hydrogens (tertiary/aromatic N) is 2. The Morgan fingerprint density at radius 3 is 2.67 bits per heavy atom. The largest absolute Gasteiger partial charge is 0.465 e. The van der Waals surface area contributed by atoms with Gasteiger partial charge in [-0.3, -0.25) is 10.00 Å². The number of anilines is 1. The first-order chi connectivity index (χ1) is 8.47. The predicted molar refractivity (Wildman–Crippen MR) is 64.6 cm³/mol. The van der Waals surface area contributed by atoms with Crippen LogP contribution < -0.4 is 4.90 Å². The zero-order valence-corrected chi connectivity index (χ0v) is 10.3. The Balaban J connectivity index is 2.76. The lowest BCUT2D eigenvalue weighted by Gasteiger charge is -2.19. The summed E-state index contributed by atoms with van der Waals surface area (Å²) in [5.74, 6) is -0.582. The van der Waals surface area contributed by atoms with E-state index < -0.39 is 12.1 Å². The van der Waals surface area contributed by atoms with Gasteiger partial charge in [0.2, 0.25) is 0 Å². The van der Waals surface area contributed by atoms with Crippen molar-refractivity contribution in [2.75, 3.05) is 18.1 Å². The van der Waals surface area contributed by atoms with E-state index in [-0.39, 0.29) is 13.2 Å². The minimum atomic E-state index is -1.13. The second-order valence-electron chi connectivity index (χ2n) is 3.59. The molecule has 0 unspecified atom stereocenters. The maximum Gasteiger partial charge on any atom is 0.412 e. The highest BCUT2D eigenvalue weighted by Gasteiger charge is 2.20. The number of rotatable bonds is 5. The summed E-state index contributed by atoms with van der Waals surface area (Å²) in [6.07, 6.45) is -0.100. The van der Waals surface area contributed by atoms with E-state index in [0.29, 0.717) is 17.1 Å². The molecule has 98 valence electrons. The number of H-pyrrole nitrogens is 1. The molecule has 7 nitrogen and oxygen atoms in total. The fraction of sp³-hybridized carbons (Fsp3) is 0.364. The molecule has 1 heterocycles. The van der Waals surface area contributed by atoms with Crippen LogP contribution in [-0.4, -0.2) is 40.5 Å². The summed E-state index contributed by atoms with van der Waals surface area (Å²) in [6.45, 7) is 6.67. The number of esters is 1. The van der Waals surface area contributed by atoms with E-state index in [1.54, 1.807) is 13.8 Å². The maximum atomic E-state index is 11.2. The van der Waals surface area contributed by atoms with Crippen molar-refractivity contribution in [1.82, 2.24) is 10.2 Å². The van der Waals surface area contributed by atoms with Gasteiger partial charge in [-0.05, 0) is 13.8 Å². The number of amides is 1. The van der Waals surface area contributed by atoms with Crippen molar-refractivity contribution in [3.63, 3.8) is 0 Å². The molecule has 0 aliphatic rings. The average molecular weight is 253 g/mol. The standard InChI is InChI=1S/C11H15N3O4/c1-4-9(15)18-6-5-14(11(16)17)10-7(2)12-13-8(10)3/h4H,1,5-6H2,2-3H3,(H,12,13)(H,16,17). The minimum Gasteiger partial charge on any atom is -0.465 e. The van der Waals surface area contributed by atoms with Gasteiger partial charge in [0.05, 0.1) is 23.6 Å². The van der Waals surface area contributed by atoms with E-state index in [4.69, 9.17) is 9.84 Å². The SMILES string of the molecule is C=CC(=O)OCCN(C(=O)O)c1c(C)n[nH]c1C. The zero-order valence-electron chi connectivity index (χ0n) is 10.3. The molecule has 0 bridgehead atoms. The highest BCUT2D eigenvalue weighted by atomic mass is 16.5. The summed E-state index contributed by atoms with van der Waals surface area (Å²) in [5, 5.41) is 15.8. The Kier molecular flexibility index (Phi) is 4.47. The maximum absolute atomic E-state index is 11.2. The summed E-state index contributed by atoms with van der Waals surface area (Å²) in [6, 6.07) is 0. The van der Waals surface area contributed by atoms with Gasteiger partial charge in [-0.1, -0.05) is 6.58 Å². The number of nitrogens with one attached hydrogen (secondary N) is 1. The van der Waals surface area contributed by atoms with E-state index in [1.165, 1.54) is 0 Å². The first-order valence-corrected chi connectivity index (χ1v) is 5.28. The summed E-state index contributed by atoms with van der Waals surface area (Å²) in [7, 11) is 0. The molecule has 0 atom stereocenters. The molecule has 1 amide bonds. The highest BCUT2D eigenvalue weighted by molar-refractivity contribution is 5.87. The van der Waals surface area contributed by atoms with Crippen molar-refractivity contribution in [3.8, 4) is 0 Å². The molecule has 18 heavy (non-hydrogen) atoms. The molecule has 1 aromatic heterocycles. The van der Waals surface area contributed by atoms with Crippen molar-refractivity contribution in [3.05, 3.63) is 24.0 Å². The van der Waals surface area contributed by atoms with Gasteiger partial charge in [0, 0.05) is 6.08 Å². The van der Waals surface area contributed by atoms with Crippen molar-refractivity contribution in [1.29, 1.82) is 0 Å². The molecule has 1 rings (SSSR count). The molecular weight excluding hydrogens is 238 g/mol. The average Bonchev–Trinajstić information content (AvgIpc) is 2.64. The molecule has 0 aromatic carbocycles. The van der Waals surface area contributed by atoms with Crippen molar-refractivity contribution >= 4 is 17.7 Å². The summed E-state index contributed by atoms with van der Waals surface area (Å²) >= 11 is 0. The molecule has 0 fully saturated rings. The second-order valence-corrected chi connectivity index (χ2v) is 3.59. The van der Waals surface area contributed by atoms with Crippen LogP contribution in [0.2, 0.25) is 0 Å². The molecule has 0 aliphatic heterocycles. The Hall–Kier alpha value is -2.31. The molecule has 2 N–H and O–H groups in total. The van der Waals surface area contributed by atoms with E-state index in [9.17, 15) is 9.59 Å². The fourth-order valence-electron chi connectivity index (χ4n) is 1.54. The Morgan fingerprint density at radius 1 is 1.56 bits per heavy atom. The smallest absolute Gasteiger partial charge is 0.412 e. The van der Waals surface area contributed by atoms with Gasteiger partial charge < -0.3 is 9.84 Å². The number of hydrogen-bond acceptors (Lipinski definition) is 4. The van der Waals surface area contributed by atoms with Gasteiger partial charge in [-0.2, -0.15) is 5.10 Å². The number of carbonyl (C=O) groups is 2. The third-order valence-corrected chi connectivity index (χ3v) is 2.32. The van der Waals surface area contributed by atoms with Crippen LogP contribution in [0.25, 0.3) is 0 Å². The monoisotopic (exact) mass is 253 g/mol. The van der Waals surface area contributed by atoms with Gasteiger partial charge in [0.25, 0.3) is 0 Å². The number of aromatic nitrogens is 2. The molecule has 0 saturated heterocycles. The lowest BCUT2D eigenvalue weighted by molar-refractivity contribution is -0.137. The fourth-order valence-corrected chi connectivity index (χ4v) is 1.54. The molecule has 0 saturated carbocycles.